The van der Waals surface area contributed by atoms with E-state index in [9.17, 15) is 4.79 Å². The molecule has 2 aliphatic rings. The van der Waals surface area contributed by atoms with Gasteiger partial charge in [-0.3, -0.25) is 9.69 Å². The number of hydrogen-bond donors (Lipinski definition) is 0. The fourth-order valence-corrected chi connectivity index (χ4v) is 3.66. The third-order valence-electron chi connectivity index (χ3n) is 4.99. The lowest BCUT2D eigenvalue weighted by atomic mass is 9.81. The number of ketones is 1. The standard InChI is InChI=1S/C17H19NO3/c1-18-14-7-13(8-15(18)10-20-9-14)17(19)12-2-3-16-11(6-12)4-5-21-16/h2-6,13-15H,7-10H2,1H3. The van der Waals surface area contributed by atoms with Crippen molar-refractivity contribution in [2.24, 2.45) is 5.92 Å². The van der Waals surface area contributed by atoms with Crippen molar-refractivity contribution in [2.75, 3.05) is 20.3 Å². The SMILES string of the molecule is CN1C2COCC1CC(C(=O)c1ccc3occc3c1)C2. The number of carbonyl (C=O) groups is 1. The number of Topliss-reactive ketones (excluding diaryl/α,β-unsaturated/α-hetero) is 1. The maximum atomic E-state index is 12.8. The van der Waals surface area contributed by atoms with E-state index in [1.807, 2.05) is 24.3 Å². The number of furan rings is 1. The average molecular weight is 285 g/mol. The van der Waals surface area contributed by atoms with Crippen molar-refractivity contribution in [1.29, 1.82) is 0 Å². The van der Waals surface area contributed by atoms with E-state index in [0.29, 0.717) is 12.1 Å². The summed E-state index contributed by atoms with van der Waals surface area (Å²) in [4.78, 5) is 15.2. The number of hydrogen-bond acceptors (Lipinski definition) is 4. The second-order valence-corrected chi connectivity index (χ2v) is 6.22. The maximum absolute atomic E-state index is 12.8. The summed E-state index contributed by atoms with van der Waals surface area (Å²) >= 11 is 0. The minimum atomic E-state index is 0.115. The van der Waals surface area contributed by atoms with E-state index in [1.54, 1.807) is 6.26 Å². The van der Waals surface area contributed by atoms with Crippen LogP contribution in [0.15, 0.2) is 34.9 Å². The van der Waals surface area contributed by atoms with Crippen LogP contribution >= 0.6 is 0 Å². The summed E-state index contributed by atoms with van der Waals surface area (Å²) in [5, 5.41) is 0.998. The predicted molar refractivity (Wildman–Crippen MR) is 79.4 cm³/mol. The van der Waals surface area contributed by atoms with Gasteiger partial charge >= 0.3 is 0 Å². The number of likely N-dealkylation sites (N-methyl/N-ethyl adjacent to an activating group) is 1. The van der Waals surface area contributed by atoms with E-state index in [-0.39, 0.29) is 11.7 Å². The zero-order chi connectivity index (χ0) is 14.4. The fraction of sp³-hybridized carbons (Fsp3) is 0.471. The summed E-state index contributed by atoms with van der Waals surface area (Å²) in [6, 6.07) is 8.39. The average Bonchev–Trinajstić information content (AvgIpc) is 2.93. The molecule has 2 fully saturated rings. The van der Waals surface area contributed by atoms with E-state index >= 15 is 0 Å². The molecule has 0 N–H and O–H groups in total. The number of morpholine rings is 1. The highest BCUT2D eigenvalue weighted by atomic mass is 16.5. The van der Waals surface area contributed by atoms with Crippen molar-refractivity contribution < 1.29 is 13.9 Å². The summed E-state index contributed by atoms with van der Waals surface area (Å²) in [6.07, 6.45) is 3.46. The van der Waals surface area contributed by atoms with Gasteiger partial charge in [0, 0.05) is 29.0 Å². The summed E-state index contributed by atoms with van der Waals surface area (Å²) in [7, 11) is 2.15. The molecular weight excluding hydrogens is 266 g/mol. The second kappa shape index (κ2) is 4.97. The summed E-state index contributed by atoms with van der Waals surface area (Å²) < 4.78 is 11.0. The molecule has 110 valence electrons. The summed E-state index contributed by atoms with van der Waals surface area (Å²) in [5.41, 5.74) is 1.64. The van der Waals surface area contributed by atoms with E-state index < -0.39 is 0 Å². The van der Waals surface area contributed by atoms with Crippen LogP contribution in [0, 0.1) is 5.92 Å². The molecule has 21 heavy (non-hydrogen) atoms. The van der Waals surface area contributed by atoms with Crippen LogP contribution in [-0.4, -0.2) is 43.0 Å². The Morgan fingerprint density at radius 3 is 2.71 bits per heavy atom. The lowest BCUT2D eigenvalue weighted by Gasteiger charge is -2.46. The van der Waals surface area contributed by atoms with Gasteiger partial charge in [0.15, 0.2) is 5.78 Å². The minimum Gasteiger partial charge on any atom is -0.464 e. The van der Waals surface area contributed by atoms with E-state index in [4.69, 9.17) is 9.15 Å². The Bertz CT molecular complexity index is 663. The van der Waals surface area contributed by atoms with Crippen molar-refractivity contribution in [3.8, 4) is 0 Å². The first-order chi connectivity index (χ1) is 10.2. The Morgan fingerprint density at radius 1 is 1.19 bits per heavy atom. The Kier molecular flexibility index (Phi) is 3.08. The first-order valence-corrected chi connectivity index (χ1v) is 7.53. The molecule has 1 aromatic heterocycles. The molecule has 0 radical (unpaired) electrons. The molecule has 2 bridgehead atoms. The molecule has 3 heterocycles. The van der Waals surface area contributed by atoms with E-state index in [1.165, 1.54) is 0 Å². The van der Waals surface area contributed by atoms with Gasteiger partial charge < -0.3 is 9.15 Å². The molecule has 2 atom stereocenters. The number of benzene rings is 1. The molecule has 2 aliphatic heterocycles. The highest BCUT2D eigenvalue weighted by Gasteiger charge is 2.39. The van der Waals surface area contributed by atoms with Crippen LogP contribution < -0.4 is 0 Å². The number of fused-ring (bicyclic) bond motifs is 3. The van der Waals surface area contributed by atoms with Gasteiger partial charge in [0.05, 0.1) is 19.5 Å². The molecule has 1 aromatic carbocycles. The van der Waals surface area contributed by atoms with Gasteiger partial charge in [-0.05, 0) is 44.2 Å². The predicted octanol–water partition coefficient (Wildman–Crippen LogP) is 2.72. The highest BCUT2D eigenvalue weighted by molar-refractivity contribution is 6.00. The molecule has 4 rings (SSSR count). The lowest BCUT2D eigenvalue weighted by Crippen LogP contribution is -2.55. The topological polar surface area (TPSA) is 42.7 Å². The molecule has 2 unspecified atom stereocenters. The second-order valence-electron chi connectivity index (χ2n) is 6.22. The van der Waals surface area contributed by atoms with Gasteiger partial charge in [-0.25, -0.2) is 0 Å². The maximum Gasteiger partial charge on any atom is 0.166 e. The van der Waals surface area contributed by atoms with Crippen molar-refractivity contribution in [3.63, 3.8) is 0 Å². The third-order valence-corrected chi connectivity index (χ3v) is 4.99. The normalized spacial score (nSPS) is 29.7. The molecule has 0 aliphatic carbocycles. The third kappa shape index (κ3) is 2.19. The van der Waals surface area contributed by atoms with Gasteiger partial charge in [-0.1, -0.05) is 0 Å². The molecule has 0 amide bonds. The summed E-state index contributed by atoms with van der Waals surface area (Å²) in [6.45, 7) is 1.50. The summed E-state index contributed by atoms with van der Waals surface area (Å²) in [5.74, 6) is 0.382. The van der Waals surface area contributed by atoms with Crippen LogP contribution in [-0.2, 0) is 4.74 Å². The van der Waals surface area contributed by atoms with Crippen LogP contribution in [0.25, 0.3) is 11.0 Å². The Hall–Kier alpha value is -1.65. The van der Waals surface area contributed by atoms with Crippen LogP contribution in [0.4, 0.5) is 0 Å². The zero-order valence-corrected chi connectivity index (χ0v) is 12.1. The molecule has 0 spiro atoms. The van der Waals surface area contributed by atoms with Crippen molar-refractivity contribution in [3.05, 3.63) is 36.1 Å². The highest BCUT2D eigenvalue weighted by Crippen LogP contribution is 2.32. The quantitative estimate of drug-likeness (QED) is 0.796. The van der Waals surface area contributed by atoms with E-state index in [2.05, 4.69) is 11.9 Å². The molecular formula is C17H19NO3. The molecule has 4 nitrogen and oxygen atoms in total. The van der Waals surface area contributed by atoms with Gasteiger partial charge in [-0.15, -0.1) is 0 Å². The Labute approximate surface area is 123 Å². The van der Waals surface area contributed by atoms with Crippen molar-refractivity contribution in [2.45, 2.75) is 24.9 Å². The van der Waals surface area contributed by atoms with Gasteiger partial charge in [0.25, 0.3) is 0 Å². The smallest absolute Gasteiger partial charge is 0.166 e. The van der Waals surface area contributed by atoms with Crippen LogP contribution in [0.5, 0.6) is 0 Å². The number of rotatable bonds is 2. The minimum absolute atomic E-state index is 0.115. The Morgan fingerprint density at radius 2 is 1.95 bits per heavy atom. The van der Waals surface area contributed by atoms with Crippen molar-refractivity contribution >= 4 is 16.8 Å². The van der Waals surface area contributed by atoms with Crippen LogP contribution in [0.2, 0.25) is 0 Å². The number of nitrogens with zero attached hydrogens (tertiary/aromatic N) is 1. The number of ether oxygens (including phenoxy) is 1. The van der Waals surface area contributed by atoms with Crippen LogP contribution in [0.1, 0.15) is 23.2 Å². The zero-order valence-electron chi connectivity index (χ0n) is 12.1. The molecule has 0 saturated carbocycles. The number of piperidine rings is 1. The lowest BCUT2D eigenvalue weighted by molar-refractivity contribution is -0.0702. The fourth-order valence-electron chi connectivity index (χ4n) is 3.66. The Balaban J connectivity index is 1.59. The van der Waals surface area contributed by atoms with Crippen molar-refractivity contribution in [1.82, 2.24) is 4.90 Å². The van der Waals surface area contributed by atoms with Crippen LogP contribution in [0.3, 0.4) is 0 Å². The largest absolute Gasteiger partial charge is 0.464 e. The van der Waals surface area contributed by atoms with Gasteiger partial charge in [-0.2, -0.15) is 0 Å². The van der Waals surface area contributed by atoms with Gasteiger partial charge in [0.1, 0.15) is 5.58 Å². The first-order valence-electron chi connectivity index (χ1n) is 7.53. The van der Waals surface area contributed by atoms with Gasteiger partial charge in [0.2, 0.25) is 0 Å². The van der Waals surface area contributed by atoms with E-state index in [0.717, 1.165) is 42.6 Å². The monoisotopic (exact) mass is 285 g/mol. The number of carbonyl (C=O) groups excluding carboxylic acids is 1. The molecule has 4 heteroatoms. The molecule has 2 saturated heterocycles. The first kappa shape index (κ1) is 13.0. The molecule has 2 aromatic rings.